The molecule has 8 nitrogen and oxygen atoms in total. The molecule has 3 N–H and O–H groups in total. The van der Waals surface area contributed by atoms with E-state index in [4.69, 9.17) is 9.05 Å². The van der Waals surface area contributed by atoms with E-state index in [1.165, 1.54) is 128 Å². The summed E-state index contributed by atoms with van der Waals surface area (Å²) >= 11 is 0. The van der Waals surface area contributed by atoms with Crippen LogP contribution in [0.2, 0.25) is 0 Å². The Morgan fingerprint density at radius 2 is 1.05 bits per heavy atom. The lowest BCUT2D eigenvalue weighted by Gasteiger charge is -2.25. The maximum Gasteiger partial charge on any atom is 0.472 e. The van der Waals surface area contributed by atoms with Crippen molar-refractivity contribution in [2.75, 3.05) is 40.9 Å². The normalized spacial score (nSPS) is 14.8. The van der Waals surface area contributed by atoms with Gasteiger partial charge in [0.1, 0.15) is 13.2 Å². The summed E-state index contributed by atoms with van der Waals surface area (Å²) in [5.74, 6) is -0.195. The average molecular weight is 810 g/mol. The Hall–Kier alpha value is -1.54. The van der Waals surface area contributed by atoms with Crippen LogP contribution in [0.4, 0.5) is 0 Å². The third-order valence-corrected chi connectivity index (χ3v) is 11.1. The highest BCUT2D eigenvalue weighted by atomic mass is 31.2. The lowest BCUT2D eigenvalue weighted by molar-refractivity contribution is -0.870. The molecular formula is C47H90N2O6P+. The number of rotatable bonds is 41. The SMILES string of the molecule is C/C=C/CC/C=C/CC/C=C/C(O)C(COP(=O)(O)OCC[N+](C)(C)C)NC(=O)CCCCCCCCCCCCCCC/C=C\CCCCCCCCCC. The summed E-state index contributed by atoms with van der Waals surface area (Å²) < 4.78 is 23.5. The molecule has 0 saturated carbocycles. The number of hydrogen-bond acceptors (Lipinski definition) is 5. The molecular weight excluding hydrogens is 719 g/mol. The Balaban J connectivity index is 4.15. The highest BCUT2D eigenvalue weighted by molar-refractivity contribution is 7.47. The molecule has 3 unspecified atom stereocenters. The van der Waals surface area contributed by atoms with Gasteiger partial charge >= 0.3 is 7.82 Å². The second-order valence-corrected chi connectivity index (χ2v) is 18.2. The second-order valence-electron chi connectivity index (χ2n) is 16.8. The molecule has 0 aromatic carbocycles. The molecule has 56 heavy (non-hydrogen) atoms. The van der Waals surface area contributed by atoms with Gasteiger partial charge in [-0.2, -0.15) is 0 Å². The van der Waals surface area contributed by atoms with Crippen LogP contribution >= 0.6 is 7.82 Å². The maximum absolute atomic E-state index is 12.8. The van der Waals surface area contributed by atoms with E-state index in [0.29, 0.717) is 17.4 Å². The van der Waals surface area contributed by atoms with E-state index in [1.54, 1.807) is 6.08 Å². The van der Waals surface area contributed by atoms with Crippen molar-refractivity contribution in [3.8, 4) is 0 Å². The second kappa shape index (κ2) is 38.9. The van der Waals surface area contributed by atoms with E-state index >= 15 is 0 Å². The van der Waals surface area contributed by atoms with Crippen LogP contribution in [0.25, 0.3) is 0 Å². The van der Waals surface area contributed by atoms with Crippen LogP contribution in [-0.4, -0.2) is 73.4 Å². The Kier molecular flexibility index (Phi) is 37.9. The van der Waals surface area contributed by atoms with Crippen LogP contribution in [-0.2, 0) is 18.4 Å². The summed E-state index contributed by atoms with van der Waals surface area (Å²) in [4.78, 5) is 23.0. The Morgan fingerprint density at radius 1 is 0.625 bits per heavy atom. The first-order valence-electron chi connectivity index (χ1n) is 23.0. The third-order valence-electron chi connectivity index (χ3n) is 10.1. The van der Waals surface area contributed by atoms with Crippen molar-refractivity contribution in [1.82, 2.24) is 5.32 Å². The first kappa shape index (κ1) is 54.5. The number of carbonyl (C=O) groups excluding carboxylic acids is 1. The highest BCUT2D eigenvalue weighted by Gasteiger charge is 2.27. The summed E-state index contributed by atoms with van der Waals surface area (Å²) in [6.45, 7) is 4.54. The number of carbonyl (C=O) groups is 1. The number of aliphatic hydroxyl groups excluding tert-OH is 1. The van der Waals surface area contributed by atoms with Crippen LogP contribution in [0, 0.1) is 0 Å². The van der Waals surface area contributed by atoms with Gasteiger partial charge in [-0.25, -0.2) is 4.57 Å². The fourth-order valence-electron chi connectivity index (χ4n) is 6.43. The minimum Gasteiger partial charge on any atom is -0.387 e. The largest absolute Gasteiger partial charge is 0.472 e. The predicted octanol–water partition coefficient (Wildman–Crippen LogP) is 12.9. The van der Waals surface area contributed by atoms with Crippen molar-refractivity contribution < 1.29 is 32.9 Å². The first-order chi connectivity index (χ1) is 27.0. The van der Waals surface area contributed by atoms with Crippen molar-refractivity contribution in [2.45, 2.75) is 206 Å². The predicted molar refractivity (Wildman–Crippen MR) is 240 cm³/mol. The molecule has 0 spiro atoms. The lowest BCUT2D eigenvalue weighted by atomic mass is 10.0. The molecule has 328 valence electrons. The molecule has 0 radical (unpaired) electrons. The topological polar surface area (TPSA) is 105 Å². The van der Waals surface area contributed by atoms with Gasteiger partial charge in [-0.05, 0) is 64.7 Å². The molecule has 0 aliphatic rings. The number of unbranched alkanes of at least 4 members (excludes halogenated alkanes) is 23. The summed E-state index contributed by atoms with van der Waals surface area (Å²) in [6.07, 6.45) is 49.4. The number of hydrogen-bond donors (Lipinski definition) is 3. The molecule has 3 atom stereocenters. The lowest BCUT2D eigenvalue weighted by Crippen LogP contribution is -2.45. The molecule has 0 heterocycles. The molecule has 0 aromatic heterocycles. The highest BCUT2D eigenvalue weighted by Crippen LogP contribution is 2.43. The number of nitrogens with one attached hydrogen (secondary N) is 1. The van der Waals surface area contributed by atoms with E-state index in [1.807, 2.05) is 40.2 Å². The number of amides is 1. The van der Waals surface area contributed by atoms with Crippen LogP contribution < -0.4 is 5.32 Å². The first-order valence-corrected chi connectivity index (χ1v) is 24.5. The number of aliphatic hydroxyl groups is 1. The van der Waals surface area contributed by atoms with Gasteiger partial charge in [-0.15, -0.1) is 0 Å². The van der Waals surface area contributed by atoms with E-state index < -0.39 is 20.0 Å². The smallest absolute Gasteiger partial charge is 0.387 e. The van der Waals surface area contributed by atoms with Gasteiger partial charge in [-0.1, -0.05) is 171 Å². The van der Waals surface area contributed by atoms with Crippen LogP contribution in [0.5, 0.6) is 0 Å². The van der Waals surface area contributed by atoms with Gasteiger partial charge in [0.05, 0.1) is 39.9 Å². The zero-order valence-corrected chi connectivity index (χ0v) is 38.0. The van der Waals surface area contributed by atoms with Crippen LogP contribution in [0.1, 0.15) is 194 Å². The molecule has 0 aromatic rings. The van der Waals surface area contributed by atoms with Gasteiger partial charge in [-0.3, -0.25) is 13.8 Å². The van der Waals surface area contributed by atoms with Crippen molar-refractivity contribution in [1.29, 1.82) is 0 Å². The molecule has 0 bridgehead atoms. The van der Waals surface area contributed by atoms with E-state index in [-0.39, 0.29) is 19.1 Å². The van der Waals surface area contributed by atoms with Gasteiger partial charge in [0, 0.05) is 6.42 Å². The number of quaternary nitrogens is 1. The third kappa shape index (κ3) is 40.6. The quantitative estimate of drug-likeness (QED) is 0.0246. The van der Waals surface area contributed by atoms with Crippen molar-refractivity contribution in [2.24, 2.45) is 0 Å². The molecule has 1 amide bonds. The van der Waals surface area contributed by atoms with Gasteiger partial charge in [0.2, 0.25) is 5.91 Å². The maximum atomic E-state index is 12.8. The Morgan fingerprint density at radius 3 is 1.54 bits per heavy atom. The van der Waals surface area contributed by atoms with E-state index in [9.17, 15) is 19.4 Å². The van der Waals surface area contributed by atoms with Crippen LogP contribution in [0.3, 0.4) is 0 Å². The fourth-order valence-corrected chi connectivity index (χ4v) is 7.16. The zero-order valence-electron chi connectivity index (χ0n) is 37.1. The van der Waals surface area contributed by atoms with E-state index in [0.717, 1.165) is 44.9 Å². The molecule has 0 saturated heterocycles. The number of phosphoric acid groups is 1. The summed E-state index contributed by atoms with van der Waals surface area (Å²) in [6, 6.07) is -0.867. The summed E-state index contributed by atoms with van der Waals surface area (Å²) in [7, 11) is 1.54. The van der Waals surface area contributed by atoms with Crippen LogP contribution in [0.15, 0.2) is 48.6 Å². The standard InChI is InChI=1S/C47H89N2O6P/c1-6-8-10-12-14-16-17-18-19-20-21-22-23-24-25-26-27-28-29-30-31-33-35-37-39-41-47(51)48-45(44-55-56(52,53)54-43-42-49(3,4)5)46(50)40-38-36-34-32-15-13-11-9-7-2/h7,9,15,20-21,32,38,40,45-46,50H,6,8,10-14,16-19,22-31,33-37,39,41-44H2,1-5H3,(H-,48,51,52,53)/p+1/b9-7+,21-20-,32-15+,40-38+. The average Bonchev–Trinajstić information content (AvgIpc) is 3.15. The van der Waals surface area contributed by atoms with E-state index in [2.05, 4.69) is 42.6 Å². The minimum atomic E-state index is -4.34. The van der Waals surface area contributed by atoms with Crippen molar-refractivity contribution >= 4 is 13.7 Å². The molecule has 0 aliphatic heterocycles. The number of nitrogens with zero attached hydrogens (tertiary/aromatic N) is 1. The van der Waals surface area contributed by atoms with Crippen molar-refractivity contribution in [3.05, 3.63) is 48.6 Å². The van der Waals surface area contributed by atoms with Gasteiger partial charge < -0.3 is 19.8 Å². The Bertz CT molecular complexity index is 1050. The zero-order chi connectivity index (χ0) is 41.4. The number of phosphoric ester groups is 1. The molecule has 9 heteroatoms. The summed E-state index contributed by atoms with van der Waals surface area (Å²) in [5.41, 5.74) is 0. The van der Waals surface area contributed by atoms with Crippen molar-refractivity contribution in [3.63, 3.8) is 0 Å². The molecule has 0 aliphatic carbocycles. The molecule has 0 rings (SSSR count). The van der Waals surface area contributed by atoms with Gasteiger partial charge in [0.25, 0.3) is 0 Å². The minimum absolute atomic E-state index is 0.0525. The monoisotopic (exact) mass is 810 g/mol. The fraction of sp³-hybridized carbons (Fsp3) is 0.809. The Labute approximate surface area is 346 Å². The molecule has 0 fully saturated rings. The van der Waals surface area contributed by atoms with Gasteiger partial charge in [0.15, 0.2) is 0 Å². The number of allylic oxidation sites excluding steroid dienone is 7. The summed E-state index contributed by atoms with van der Waals surface area (Å²) in [5, 5.41) is 13.7. The number of likely N-dealkylation sites (N-methyl/N-ethyl adjacent to an activating group) is 1.